The van der Waals surface area contributed by atoms with Gasteiger partial charge in [0.1, 0.15) is 5.82 Å². The first kappa shape index (κ1) is 29.0. The van der Waals surface area contributed by atoms with Crippen LogP contribution in [0.4, 0.5) is 0 Å². The molecule has 3 nitrogen and oxygen atoms in total. The average Bonchev–Trinajstić information content (AvgIpc) is 3.30. The van der Waals surface area contributed by atoms with Crippen LogP contribution in [0.2, 0.25) is 0 Å². The van der Waals surface area contributed by atoms with Gasteiger partial charge in [-0.05, 0) is 63.3 Å². The molecule has 0 unspecified atom stereocenters. The zero-order chi connectivity index (χ0) is 26.1. The average molecular weight is 671 g/mol. The maximum Gasteiger partial charge on any atom is 0.130 e. The van der Waals surface area contributed by atoms with E-state index in [4.69, 9.17) is 10.2 Å². The molecule has 0 saturated carbocycles. The van der Waals surface area contributed by atoms with E-state index in [1.165, 1.54) is 33.4 Å². The summed E-state index contributed by atoms with van der Waals surface area (Å²) in [6.07, 6.45) is 3.39. The van der Waals surface area contributed by atoms with Crippen LogP contribution in [0.25, 0.3) is 22.5 Å². The molecule has 4 heteroatoms. The number of benzene rings is 3. The zero-order valence-electron chi connectivity index (χ0n) is 23.6. The monoisotopic (exact) mass is 671 g/mol. The van der Waals surface area contributed by atoms with E-state index in [0.717, 1.165) is 36.5 Å². The molecular weight excluding hydrogens is 631 g/mol. The van der Waals surface area contributed by atoms with Gasteiger partial charge in [-0.3, -0.25) is 0 Å². The van der Waals surface area contributed by atoms with Crippen molar-refractivity contribution >= 4 is 0 Å². The number of hydrogen-bond acceptors (Lipinski definition) is 2. The van der Waals surface area contributed by atoms with Gasteiger partial charge in [0.2, 0.25) is 0 Å². The summed E-state index contributed by atoms with van der Waals surface area (Å²) in [5.41, 5.74) is 8.12. The summed E-state index contributed by atoms with van der Waals surface area (Å²) in [5.74, 6) is 1.90. The third kappa shape index (κ3) is 5.81. The molecule has 4 aromatic rings. The van der Waals surface area contributed by atoms with E-state index in [9.17, 15) is 0 Å². The minimum Gasteiger partial charge on any atom is -0.342 e. The molecule has 1 radical (unpaired) electrons. The summed E-state index contributed by atoms with van der Waals surface area (Å²) in [5, 5.41) is 9.68. The first-order valence-corrected chi connectivity index (χ1v) is 13.2. The van der Waals surface area contributed by atoms with Gasteiger partial charge >= 0.3 is 0 Å². The Hall–Kier alpha value is -2.55. The van der Waals surface area contributed by atoms with Crippen molar-refractivity contribution in [3.8, 4) is 22.5 Å². The Morgan fingerprint density at radius 2 is 1.51 bits per heavy atom. The summed E-state index contributed by atoms with van der Waals surface area (Å²) < 4.78 is 2.36. The number of aryl methyl sites for hydroxylation is 3. The Kier molecular flexibility index (Phi) is 8.98. The van der Waals surface area contributed by atoms with E-state index >= 15 is 0 Å². The normalized spacial score (nSPS) is 11.9. The van der Waals surface area contributed by atoms with Gasteiger partial charge in [-0.25, -0.2) is 0 Å². The molecule has 0 atom stereocenters. The predicted molar refractivity (Wildman–Crippen MR) is 151 cm³/mol. The standard InChI is InChI=1S/C33H40N3.Ir/c1-9-10-19-32(5,6)31-35-34-30(36(31)33(7,8)28-17-12-11-13-18-28)27-16-14-15-26(22-27)29-24(3)20-23(2)21-25(29)4;/h11-15,17-18,20-22H,9-10,19H2,1-8H3;/q-1;. The minimum absolute atomic E-state index is 0. The van der Waals surface area contributed by atoms with Gasteiger partial charge < -0.3 is 4.57 Å². The summed E-state index contributed by atoms with van der Waals surface area (Å²) in [7, 11) is 0. The van der Waals surface area contributed by atoms with Crippen LogP contribution in [0.5, 0.6) is 0 Å². The molecule has 197 valence electrons. The van der Waals surface area contributed by atoms with Crippen molar-refractivity contribution in [3.05, 3.63) is 94.8 Å². The van der Waals surface area contributed by atoms with Crippen molar-refractivity contribution < 1.29 is 20.1 Å². The van der Waals surface area contributed by atoms with E-state index in [-0.39, 0.29) is 31.1 Å². The maximum atomic E-state index is 4.85. The maximum absolute atomic E-state index is 4.85. The predicted octanol–water partition coefficient (Wildman–Crippen LogP) is 8.59. The van der Waals surface area contributed by atoms with E-state index in [2.05, 4.69) is 121 Å². The number of hydrogen-bond donors (Lipinski definition) is 0. The fourth-order valence-electron chi connectivity index (χ4n) is 5.52. The minimum atomic E-state index is -0.335. The Labute approximate surface area is 237 Å². The molecule has 1 heterocycles. The second-order valence-electron chi connectivity index (χ2n) is 11.4. The largest absolute Gasteiger partial charge is 0.342 e. The molecule has 0 aliphatic carbocycles. The number of unbranched alkanes of at least 4 members (excludes halogenated alkanes) is 1. The second kappa shape index (κ2) is 11.5. The van der Waals surface area contributed by atoms with E-state index in [1.54, 1.807) is 0 Å². The van der Waals surface area contributed by atoms with Crippen LogP contribution < -0.4 is 0 Å². The molecule has 0 saturated heterocycles. The molecule has 0 fully saturated rings. The Bertz CT molecular complexity index is 1330. The SMILES string of the molecule is CCCCC(C)(C)c1nnc(-c2[c-]ccc(-c3c(C)cc(C)cc3C)c2)n1C(C)(C)c1ccccc1.[Ir]. The summed E-state index contributed by atoms with van der Waals surface area (Å²) >= 11 is 0. The van der Waals surface area contributed by atoms with E-state index in [1.807, 2.05) is 6.07 Å². The van der Waals surface area contributed by atoms with Gasteiger partial charge in [-0.15, -0.1) is 40.5 Å². The molecule has 0 bridgehead atoms. The van der Waals surface area contributed by atoms with Gasteiger partial charge in [0, 0.05) is 25.5 Å². The Morgan fingerprint density at radius 1 is 0.865 bits per heavy atom. The summed E-state index contributed by atoms with van der Waals surface area (Å²) in [4.78, 5) is 0. The number of nitrogens with zero attached hydrogens (tertiary/aromatic N) is 3. The van der Waals surface area contributed by atoms with Crippen molar-refractivity contribution in [2.24, 2.45) is 0 Å². The van der Waals surface area contributed by atoms with Crippen LogP contribution in [0, 0.1) is 26.8 Å². The zero-order valence-corrected chi connectivity index (χ0v) is 26.0. The smallest absolute Gasteiger partial charge is 0.130 e. The molecule has 4 rings (SSSR count). The molecule has 0 amide bonds. The van der Waals surface area contributed by atoms with E-state index in [0.29, 0.717) is 0 Å². The molecule has 1 aromatic heterocycles. The van der Waals surface area contributed by atoms with Crippen LogP contribution in [-0.4, -0.2) is 14.8 Å². The molecule has 0 aliphatic rings. The molecular formula is C33H40IrN3-. The van der Waals surface area contributed by atoms with Gasteiger partial charge in [0.15, 0.2) is 0 Å². The molecule has 0 N–H and O–H groups in total. The van der Waals surface area contributed by atoms with Gasteiger partial charge in [-0.2, -0.15) is 5.10 Å². The summed E-state index contributed by atoms with van der Waals surface area (Å²) in [6.45, 7) is 17.9. The van der Waals surface area contributed by atoms with Crippen LogP contribution >= 0.6 is 0 Å². The second-order valence-corrected chi connectivity index (χ2v) is 11.4. The molecule has 3 aromatic carbocycles. The first-order valence-electron chi connectivity index (χ1n) is 13.2. The van der Waals surface area contributed by atoms with Crippen LogP contribution in [-0.2, 0) is 31.1 Å². The quantitative estimate of drug-likeness (QED) is 0.176. The van der Waals surface area contributed by atoms with Crippen molar-refractivity contribution in [3.63, 3.8) is 0 Å². The first-order chi connectivity index (χ1) is 17.1. The molecule has 37 heavy (non-hydrogen) atoms. The van der Waals surface area contributed by atoms with Crippen LogP contribution in [0.15, 0.2) is 60.7 Å². The van der Waals surface area contributed by atoms with Crippen molar-refractivity contribution in [2.45, 2.75) is 85.6 Å². The van der Waals surface area contributed by atoms with Gasteiger partial charge in [0.05, 0.1) is 11.4 Å². The van der Waals surface area contributed by atoms with E-state index < -0.39 is 0 Å². The van der Waals surface area contributed by atoms with Crippen LogP contribution in [0.1, 0.15) is 82.0 Å². The van der Waals surface area contributed by atoms with Gasteiger partial charge in [0.25, 0.3) is 0 Å². The Morgan fingerprint density at radius 3 is 2.14 bits per heavy atom. The summed E-state index contributed by atoms with van der Waals surface area (Å²) in [6, 6.07) is 25.1. The Balaban J connectivity index is 0.00000380. The molecule has 0 spiro atoms. The van der Waals surface area contributed by atoms with Crippen molar-refractivity contribution in [2.75, 3.05) is 0 Å². The third-order valence-electron chi connectivity index (χ3n) is 7.47. The van der Waals surface area contributed by atoms with Crippen molar-refractivity contribution in [1.82, 2.24) is 14.8 Å². The number of rotatable bonds is 8. The molecule has 0 aliphatic heterocycles. The van der Waals surface area contributed by atoms with Crippen LogP contribution in [0.3, 0.4) is 0 Å². The van der Waals surface area contributed by atoms with Gasteiger partial charge in [-0.1, -0.05) is 81.6 Å². The topological polar surface area (TPSA) is 30.7 Å². The number of aromatic nitrogens is 3. The van der Waals surface area contributed by atoms with Crippen molar-refractivity contribution in [1.29, 1.82) is 0 Å². The fraction of sp³-hybridized carbons (Fsp3) is 0.394. The third-order valence-corrected chi connectivity index (χ3v) is 7.47. The fourth-order valence-corrected chi connectivity index (χ4v) is 5.52.